The summed E-state index contributed by atoms with van der Waals surface area (Å²) in [7, 11) is 0. The molecule has 0 saturated carbocycles. The van der Waals surface area contributed by atoms with Crippen LogP contribution in [0.3, 0.4) is 0 Å². The van der Waals surface area contributed by atoms with E-state index in [1.165, 1.54) is 6.92 Å². The van der Waals surface area contributed by atoms with Crippen LogP contribution in [-0.4, -0.2) is 30.6 Å². The summed E-state index contributed by atoms with van der Waals surface area (Å²) in [5, 5.41) is 9.34. The minimum Gasteiger partial charge on any atom is -0.459 e. The standard InChI is InChI=1S/C21H19N5O3/c1-13(28)29-12-15-6-9-18-21(24-15)26(16-7-4-14(11-27)5-8-16)20(25-18)17-3-2-10-23-19(17)22/h2-10,27H,11-12H2,1H3,(H2,22,23). The molecule has 0 spiro atoms. The fourth-order valence-corrected chi connectivity index (χ4v) is 3.03. The van der Waals surface area contributed by atoms with Crippen molar-refractivity contribution in [1.29, 1.82) is 0 Å². The zero-order chi connectivity index (χ0) is 20.4. The fourth-order valence-electron chi connectivity index (χ4n) is 3.03. The number of fused-ring (bicyclic) bond motifs is 1. The number of hydrogen-bond acceptors (Lipinski definition) is 7. The Bertz CT molecular complexity index is 1180. The van der Waals surface area contributed by atoms with Crippen LogP contribution in [0.1, 0.15) is 18.2 Å². The van der Waals surface area contributed by atoms with Crippen LogP contribution in [0.25, 0.3) is 28.2 Å². The molecular weight excluding hydrogens is 370 g/mol. The third-order valence-corrected chi connectivity index (χ3v) is 4.44. The summed E-state index contributed by atoms with van der Waals surface area (Å²) in [4.78, 5) is 24.7. The number of anilines is 1. The molecule has 0 saturated heterocycles. The highest BCUT2D eigenvalue weighted by Crippen LogP contribution is 2.30. The molecule has 0 aliphatic heterocycles. The van der Waals surface area contributed by atoms with E-state index in [1.54, 1.807) is 18.3 Å². The molecule has 8 heteroatoms. The summed E-state index contributed by atoms with van der Waals surface area (Å²) in [6.07, 6.45) is 1.62. The number of aliphatic hydroxyl groups excluding tert-OH is 1. The van der Waals surface area contributed by atoms with Crippen molar-refractivity contribution in [2.75, 3.05) is 5.73 Å². The molecule has 0 fully saturated rings. The van der Waals surface area contributed by atoms with E-state index < -0.39 is 0 Å². The number of esters is 1. The molecular formula is C21H19N5O3. The Balaban J connectivity index is 1.93. The third-order valence-electron chi connectivity index (χ3n) is 4.44. The summed E-state index contributed by atoms with van der Waals surface area (Å²) in [6, 6.07) is 14.7. The molecule has 146 valence electrons. The van der Waals surface area contributed by atoms with E-state index in [9.17, 15) is 9.90 Å². The quantitative estimate of drug-likeness (QED) is 0.504. The van der Waals surface area contributed by atoms with Crippen molar-refractivity contribution in [3.63, 3.8) is 0 Å². The van der Waals surface area contributed by atoms with Crippen molar-refractivity contribution in [3.05, 3.63) is 66.0 Å². The maximum Gasteiger partial charge on any atom is 0.303 e. The molecule has 0 atom stereocenters. The monoisotopic (exact) mass is 389 g/mol. The maximum absolute atomic E-state index is 11.1. The number of rotatable bonds is 5. The summed E-state index contributed by atoms with van der Waals surface area (Å²) in [5.74, 6) is 0.583. The van der Waals surface area contributed by atoms with E-state index in [0.717, 1.165) is 11.3 Å². The van der Waals surface area contributed by atoms with E-state index in [2.05, 4.69) is 9.97 Å². The summed E-state index contributed by atoms with van der Waals surface area (Å²) in [5.41, 5.74) is 10.3. The van der Waals surface area contributed by atoms with Crippen molar-refractivity contribution in [1.82, 2.24) is 19.5 Å². The van der Waals surface area contributed by atoms with Crippen LogP contribution < -0.4 is 5.73 Å². The molecule has 3 N–H and O–H groups in total. The summed E-state index contributed by atoms with van der Waals surface area (Å²) in [6.45, 7) is 1.39. The minimum absolute atomic E-state index is 0.0435. The van der Waals surface area contributed by atoms with E-state index in [-0.39, 0.29) is 19.2 Å². The van der Waals surface area contributed by atoms with Gasteiger partial charge in [0.2, 0.25) is 0 Å². The van der Waals surface area contributed by atoms with Crippen LogP contribution in [0.2, 0.25) is 0 Å². The van der Waals surface area contributed by atoms with Gasteiger partial charge in [0.1, 0.15) is 17.9 Å². The van der Waals surface area contributed by atoms with Gasteiger partial charge >= 0.3 is 5.97 Å². The highest BCUT2D eigenvalue weighted by molar-refractivity contribution is 5.82. The molecule has 0 amide bonds. The highest BCUT2D eigenvalue weighted by Gasteiger charge is 2.18. The molecule has 4 aromatic rings. The first-order valence-corrected chi connectivity index (χ1v) is 8.99. The fraction of sp³-hybridized carbons (Fsp3) is 0.143. The van der Waals surface area contributed by atoms with Crippen LogP contribution in [0.15, 0.2) is 54.7 Å². The molecule has 4 rings (SSSR count). The summed E-state index contributed by atoms with van der Waals surface area (Å²) < 4.78 is 6.95. The lowest BCUT2D eigenvalue weighted by atomic mass is 10.2. The van der Waals surface area contributed by atoms with E-state index in [4.69, 9.17) is 15.5 Å². The number of nitrogens with zero attached hydrogens (tertiary/aromatic N) is 4. The number of imidazole rings is 1. The zero-order valence-corrected chi connectivity index (χ0v) is 15.7. The number of aliphatic hydroxyl groups is 1. The van der Waals surface area contributed by atoms with Crippen LogP contribution in [0.5, 0.6) is 0 Å². The first-order valence-electron chi connectivity index (χ1n) is 8.99. The molecule has 8 nitrogen and oxygen atoms in total. The molecule has 3 aromatic heterocycles. The second kappa shape index (κ2) is 7.69. The van der Waals surface area contributed by atoms with Gasteiger partial charge in [0.05, 0.1) is 17.9 Å². The lowest BCUT2D eigenvalue weighted by Crippen LogP contribution is -2.04. The first kappa shape index (κ1) is 18.6. The average Bonchev–Trinajstić information content (AvgIpc) is 3.11. The van der Waals surface area contributed by atoms with Crippen molar-refractivity contribution in [2.24, 2.45) is 0 Å². The van der Waals surface area contributed by atoms with Crippen molar-refractivity contribution in [2.45, 2.75) is 20.1 Å². The Labute approximate surface area is 166 Å². The number of hydrogen-bond donors (Lipinski definition) is 2. The van der Waals surface area contributed by atoms with Crippen LogP contribution in [0, 0.1) is 0 Å². The van der Waals surface area contributed by atoms with Gasteiger partial charge in [-0.15, -0.1) is 0 Å². The lowest BCUT2D eigenvalue weighted by molar-refractivity contribution is -0.142. The number of carbonyl (C=O) groups excluding carboxylic acids is 1. The second-order valence-electron chi connectivity index (χ2n) is 6.46. The number of nitrogens with two attached hydrogens (primary N) is 1. The van der Waals surface area contributed by atoms with Gasteiger partial charge in [-0.25, -0.2) is 15.0 Å². The van der Waals surface area contributed by atoms with E-state index in [0.29, 0.717) is 34.1 Å². The Hall–Kier alpha value is -3.78. The van der Waals surface area contributed by atoms with Crippen molar-refractivity contribution >= 4 is 23.0 Å². The topological polar surface area (TPSA) is 116 Å². The van der Waals surface area contributed by atoms with Gasteiger partial charge in [-0.2, -0.15) is 0 Å². The molecule has 1 aromatic carbocycles. The largest absolute Gasteiger partial charge is 0.459 e. The number of nitrogen functional groups attached to an aromatic ring is 1. The van der Waals surface area contributed by atoms with Crippen molar-refractivity contribution in [3.8, 4) is 17.1 Å². The van der Waals surface area contributed by atoms with Gasteiger partial charge in [-0.1, -0.05) is 12.1 Å². The molecule has 0 radical (unpaired) electrons. The number of carbonyl (C=O) groups is 1. The smallest absolute Gasteiger partial charge is 0.303 e. The molecule has 0 aliphatic rings. The number of pyridine rings is 2. The minimum atomic E-state index is -0.371. The van der Waals surface area contributed by atoms with Crippen molar-refractivity contribution < 1.29 is 14.6 Å². The molecule has 0 bridgehead atoms. The maximum atomic E-state index is 11.1. The Morgan fingerprint density at radius 1 is 1.14 bits per heavy atom. The zero-order valence-electron chi connectivity index (χ0n) is 15.7. The third kappa shape index (κ3) is 3.65. The van der Waals surface area contributed by atoms with Crippen LogP contribution in [-0.2, 0) is 22.7 Å². The normalized spacial score (nSPS) is 11.0. The predicted octanol–water partition coefficient (Wildman–Crippen LogP) is 2.62. The molecule has 3 heterocycles. The Morgan fingerprint density at radius 2 is 1.93 bits per heavy atom. The second-order valence-corrected chi connectivity index (χ2v) is 6.46. The predicted molar refractivity (Wildman–Crippen MR) is 108 cm³/mol. The number of aromatic nitrogens is 4. The number of ether oxygens (including phenoxy) is 1. The highest BCUT2D eigenvalue weighted by atomic mass is 16.5. The van der Waals surface area contributed by atoms with Crippen LogP contribution in [0.4, 0.5) is 5.82 Å². The van der Waals surface area contributed by atoms with Gasteiger partial charge in [-0.3, -0.25) is 9.36 Å². The van der Waals surface area contributed by atoms with Gasteiger partial charge in [-0.05, 0) is 42.0 Å². The molecule has 29 heavy (non-hydrogen) atoms. The van der Waals surface area contributed by atoms with Gasteiger partial charge in [0.15, 0.2) is 11.5 Å². The van der Waals surface area contributed by atoms with Gasteiger partial charge in [0, 0.05) is 18.8 Å². The van der Waals surface area contributed by atoms with Gasteiger partial charge < -0.3 is 15.6 Å². The average molecular weight is 389 g/mol. The van der Waals surface area contributed by atoms with Crippen LogP contribution >= 0.6 is 0 Å². The number of benzene rings is 1. The van der Waals surface area contributed by atoms with E-state index >= 15 is 0 Å². The first-order chi connectivity index (χ1) is 14.1. The van der Waals surface area contributed by atoms with E-state index in [1.807, 2.05) is 41.0 Å². The lowest BCUT2D eigenvalue weighted by Gasteiger charge is -2.11. The Morgan fingerprint density at radius 3 is 2.62 bits per heavy atom. The summed E-state index contributed by atoms with van der Waals surface area (Å²) >= 11 is 0. The Kier molecular flexibility index (Phi) is 4.92. The van der Waals surface area contributed by atoms with Gasteiger partial charge in [0.25, 0.3) is 0 Å². The molecule has 0 unspecified atom stereocenters. The molecule has 0 aliphatic carbocycles. The SMILES string of the molecule is CC(=O)OCc1ccc2nc(-c3cccnc3N)n(-c3ccc(CO)cc3)c2n1.